The molecule has 0 unspecified atom stereocenters. The first-order chi connectivity index (χ1) is 12.2. The van der Waals surface area contributed by atoms with E-state index in [4.69, 9.17) is 20.8 Å². The first kappa shape index (κ1) is 17.2. The Labute approximate surface area is 150 Å². The van der Waals surface area contributed by atoms with Crippen molar-refractivity contribution in [3.05, 3.63) is 70.4 Å². The summed E-state index contributed by atoms with van der Waals surface area (Å²) in [7, 11) is 0. The van der Waals surface area contributed by atoms with Crippen LogP contribution in [0.5, 0.6) is 5.75 Å². The molecule has 0 aliphatic carbocycles. The topological polar surface area (TPSA) is 52.3 Å². The standard InChI is InChI=1S/C20H18ClNO3/c1-2-3-12-24-15-10-8-14(9-11-15)13-17(21)19-22-18-7-5-4-6-16(18)20(23)25-19/h4-11,13H,2-3,12H2,1H3/b17-13-. The lowest BCUT2D eigenvalue weighted by Crippen LogP contribution is -2.03. The molecule has 128 valence electrons. The van der Waals surface area contributed by atoms with E-state index in [0.29, 0.717) is 17.5 Å². The Balaban J connectivity index is 1.82. The van der Waals surface area contributed by atoms with Crippen molar-refractivity contribution in [1.29, 1.82) is 0 Å². The lowest BCUT2D eigenvalue weighted by Gasteiger charge is -2.05. The molecule has 0 atom stereocenters. The van der Waals surface area contributed by atoms with Gasteiger partial charge in [0.15, 0.2) is 0 Å². The van der Waals surface area contributed by atoms with Crippen LogP contribution in [0.1, 0.15) is 31.2 Å². The van der Waals surface area contributed by atoms with Gasteiger partial charge in [-0.1, -0.05) is 49.2 Å². The number of ether oxygens (including phenoxy) is 1. The summed E-state index contributed by atoms with van der Waals surface area (Å²) < 4.78 is 10.9. The van der Waals surface area contributed by atoms with Gasteiger partial charge >= 0.3 is 5.63 Å². The number of para-hydroxylation sites is 1. The van der Waals surface area contributed by atoms with Crippen LogP contribution in [0, 0.1) is 0 Å². The summed E-state index contributed by atoms with van der Waals surface area (Å²) in [6.45, 7) is 2.83. The van der Waals surface area contributed by atoms with Crippen molar-refractivity contribution in [3.63, 3.8) is 0 Å². The second-order valence-electron chi connectivity index (χ2n) is 5.59. The van der Waals surface area contributed by atoms with Crippen molar-refractivity contribution in [3.8, 4) is 5.75 Å². The molecule has 0 saturated carbocycles. The third-order valence-corrected chi connectivity index (χ3v) is 3.95. The van der Waals surface area contributed by atoms with E-state index in [1.54, 1.807) is 24.3 Å². The van der Waals surface area contributed by atoms with Crippen LogP contribution < -0.4 is 10.4 Å². The average Bonchev–Trinajstić information content (AvgIpc) is 2.63. The minimum atomic E-state index is -0.452. The lowest BCUT2D eigenvalue weighted by atomic mass is 10.2. The minimum absolute atomic E-state index is 0.105. The second-order valence-corrected chi connectivity index (χ2v) is 5.99. The van der Waals surface area contributed by atoms with Crippen molar-refractivity contribution in [2.75, 3.05) is 6.61 Å². The number of benzene rings is 2. The van der Waals surface area contributed by atoms with Gasteiger partial charge in [-0.15, -0.1) is 0 Å². The lowest BCUT2D eigenvalue weighted by molar-refractivity contribution is 0.309. The molecule has 3 rings (SSSR count). The molecule has 0 bridgehead atoms. The predicted octanol–water partition coefficient (Wildman–Crippen LogP) is 5.10. The van der Waals surface area contributed by atoms with Gasteiger partial charge in [-0.05, 0) is 42.3 Å². The zero-order chi connectivity index (χ0) is 17.6. The molecule has 4 nitrogen and oxygen atoms in total. The molecule has 0 N–H and O–H groups in total. The number of hydrogen-bond acceptors (Lipinski definition) is 4. The quantitative estimate of drug-likeness (QED) is 0.577. The van der Waals surface area contributed by atoms with Gasteiger partial charge in [0.05, 0.1) is 17.5 Å². The van der Waals surface area contributed by atoms with Crippen LogP contribution in [0.3, 0.4) is 0 Å². The summed E-state index contributed by atoms with van der Waals surface area (Å²) in [6.07, 6.45) is 3.83. The molecule has 1 heterocycles. The molecule has 0 aliphatic heterocycles. The van der Waals surface area contributed by atoms with Gasteiger partial charge in [-0.2, -0.15) is 0 Å². The zero-order valence-corrected chi connectivity index (χ0v) is 14.6. The van der Waals surface area contributed by atoms with Gasteiger partial charge < -0.3 is 9.15 Å². The van der Waals surface area contributed by atoms with Gasteiger partial charge in [0, 0.05) is 0 Å². The number of halogens is 1. The average molecular weight is 356 g/mol. The summed E-state index contributed by atoms with van der Waals surface area (Å²) in [4.78, 5) is 16.3. The minimum Gasteiger partial charge on any atom is -0.494 e. The molecule has 2 aromatic carbocycles. The molecule has 0 saturated heterocycles. The maximum atomic E-state index is 12.0. The van der Waals surface area contributed by atoms with Crippen LogP contribution in [0.25, 0.3) is 22.0 Å². The highest BCUT2D eigenvalue weighted by atomic mass is 35.5. The molecule has 0 amide bonds. The van der Waals surface area contributed by atoms with Gasteiger partial charge in [-0.3, -0.25) is 0 Å². The Kier molecular flexibility index (Phi) is 5.51. The number of hydrogen-bond donors (Lipinski definition) is 0. The Morgan fingerprint density at radius 1 is 1.20 bits per heavy atom. The van der Waals surface area contributed by atoms with Crippen LogP contribution in [-0.4, -0.2) is 11.6 Å². The highest BCUT2D eigenvalue weighted by molar-refractivity contribution is 6.50. The van der Waals surface area contributed by atoms with Crippen LogP contribution in [0.15, 0.2) is 57.7 Å². The van der Waals surface area contributed by atoms with E-state index < -0.39 is 5.63 Å². The fourth-order valence-corrected chi connectivity index (χ4v) is 2.53. The van der Waals surface area contributed by atoms with Crippen LogP contribution in [0.2, 0.25) is 0 Å². The number of fused-ring (bicyclic) bond motifs is 1. The SMILES string of the molecule is CCCCOc1ccc(/C=C(\Cl)c2nc3ccccc3c(=O)o2)cc1. The summed E-state index contributed by atoms with van der Waals surface area (Å²) in [5, 5.41) is 0.701. The Hall–Kier alpha value is -2.59. The van der Waals surface area contributed by atoms with E-state index in [9.17, 15) is 4.79 Å². The third-order valence-electron chi connectivity index (χ3n) is 3.68. The van der Waals surface area contributed by atoms with Gasteiger partial charge in [0.2, 0.25) is 5.89 Å². The molecular formula is C20H18ClNO3. The fourth-order valence-electron chi connectivity index (χ4n) is 2.32. The number of rotatable bonds is 6. The number of unbranched alkanes of at least 4 members (excludes halogenated alkanes) is 1. The van der Waals surface area contributed by atoms with Crippen molar-refractivity contribution >= 4 is 33.6 Å². The first-order valence-electron chi connectivity index (χ1n) is 8.17. The highest BCUT2D eigenvalue weighted by Gasteiger charge is 2.09. The molecule has 5 heteroatoms. The summed E-state index contributed by atoms with van der Waals surface area (Å²) in [6, 6.07) is 14.6. The zero-order valence-electron chi connectivity index (χ0n) is 13.9. The van der Waals surface area contributed by atoms with E-state index in [1.807, 2.05) is 30.3 Å². The maximum Gasteiger partial charge on any atom is 0.347 e. The smallest absolute Gasteiger partial charge is 0.347 e. The monoisotopic (exact) mass is 355 g/mol. The first-order valence-corrected chi connectivity index (χ1v) is 8.55. The normalized spacial score (nSPS) is 11.7. The van der Waals surface area contributed by atoms with Crippen molar-refractivity contribution in [2.24, 2.45) is 0 Å². The highest BCUT2D eigenvalue weighted by Crippen LogP contribution is 2.22. The summed E-state index contributed by atoms with van der Waals surface area (Å²) >= 11 is 6.29. The van der Waals surface area contributed by atoms with E-state index in [1.165, 1.54) is 0 Å². The molecule has 0 aliphatic rings. The van der Waals surface area contributed by atoms with Crippen molar-refractivity contribution in [1.82, 2.24) is 4.98 Å². The number of aromatic nitrogens is 1. The van der Waals surface area contributed by atoms with Gasteiger partial charge in [0.25, 0.3) is 0 Å². The maximum absolute atomic E-state index is 12.0. The molecule has 0 fully saturated rings. The molecule has 3 aromatic rings. The number of nitrogens with zero attached hydrogens (tertiary/aromatic N) is 1. The van der Waals surface area contributed by atoms with E-state index in [2.05, 4.69) is 11.9 Å². The van der Waals surface area contributed by atoms with E-state index >= 15 is 0 Å². The molecular weight excluding hydrogens is 338 g/mol. The molecule has 1 aromatic heterocycles. The van der Waals surface area contributed by atoms with Crippen LogP contribution in [0.4, 0.5) is 0 Å². The second kappa shape index (κ2) is 7.99. The fraction of sp³-hybridized carbons (Fsp3) is 0.200. The van der Waals surface area contributed by atoms with Crippen molar-refractivity contribution < 1.29 is 9.15 Å². The molecule has 0 spiro atoms. The van der Waals surface area contributed by atoms with Gasteiger partial charge in [-0.25, -0.2) is 9.78 Å². The molecule has 0 radical (unpaired) electrons. The summed E-state index contributed by atoms with van der Waals surface area (Å²) in [5.74, 6) is 0.922. The van der Waals surface area contributed by atoms with E-state index in [0.717, 1.165) is 24.2 Å². The third kappa shape index (κ3) is 4.28. The Bertz CT molecular complexity index is 945. The largest absolute Gasteiger partial charge is 0.494 e. The van der Waals surface area contributed by atoms with Crippen molar-refractivity contribution in [2.45, 2.75) is 19.8 Å². The van der Waals surface area contributed by atoms with E-state index in [-0.39, 0.29) is 10.9 Å². The molecule has 25 heavy (non-hydrogen) atoms. The Morgan fingerprint density at radius 2 is 1.96 bits per heavy atom. The van der Waals surface area contributed by atoms with Gasteiger partial charge in [0.1, 0.15) is 10.8 Å². The predicted molar refractivity (Wildman–Crippen MR) is 101 cm³/mol. The van der Waals surface area contributed by atoms with Crippen LogP contribution >= 0.6 is 11.6 Å². The summed E-state index contributed by atoms with van der Waals surface area (Å²) in [5.41, 5.74) is 0.970. The Morgan fingerprint density at radius 3 is 2.72 bits per heavy atom. The van der Waals surface area contributed by atoms with Crippen LogP contribution in [-0.2, 0) is 0 Å².